The molecule has 26 heavy (non-hydrogen) atoms. The first kappa shape index (κ1) is 23.1. The highest BCUT2D eigenvalue weighted by Crippen LogP contribution is 2.43. The van der Waals surface area contributed by atoms with Crippen LogP contribution in [0, 0.1) is 5.92 Å². The molecule has 9 heteroatoms. The van der Waals surface area contributed by atoms with E-state index in [9.17, 15) is 13.2 Å². The summed E-state index contributed by atoms with van der Waals surface area (Å²) < 4.78 is 47.2. The molecule has 1 aliphatic heterocycles. The number of halogens is 5. The first-order valence-electron chi connectivity index (χ1n) is 8.35. The summed E-state index contributed by atoms with van der Waals surface area (Å²) in [6.45, 7) is 3.54. The molecule has 4 nitrogen and oxygen atoms in total. The van der Waals surface area contributed by atoms with Crippen LogP contribution in [0.15, 0.2) is 18.2 Å². The lowest BCUT2D eigenvalue weighted by molar-refractivity contribution is -0.274. The molecule has 1 N–H and O–H groups in total. The molecule has 0 aromatic heterocycles. The second kappa shape index (κ2) is 9.88. The van der Waals surface area contributed by atoms with Gasteiger partial charge in [0.15, 0.2) is 0 Å². The van der Waals surface area contributed by atoms with Crippen LogP contribution >= 0.6 is 24.8 Å². The summed E-state index contributed by atoms with van der Waals surface area (Å²) >= 11 is 0. The molecule has 2 aliphatic rings. The number of alkyl halides is 3. The van der Waals surface area contributed by atoms with Crippen LogP contribution in [0.2, 0.25) is 0 Å². The summed E-state index contributed by atoms with van der Waals surface area (Å²) in [5.74, 6) is 1.09. The lowest BCUT2D eigenvalue weighted by Gasteiger charge is -2.36. The Kier molecular flexibility index (Phi) is 8.79. The quantitative estimate of drug-likeness (QED) is 0.753. The average molecular weight is 417 g/mol. The third-order valence-corrected chi connectivity index (χ3v) is 4.64. The molecule has 0 amide bonds. The van der Waals surface area contributed by atoms with Gasteiger partial charge in [0, 0.05) is 37.8 Å². The van der Waals surface area contributed by atoms with Gasteiger partial charge in [0.25, 0.3) is 0 Å². The van der Waals surface area contributed by atoms with Gasteiger partial charge in [-0.1, -0.05) is 12.8 Å². The molecule has 1 aromatic rings. The molecule has 0 spiro atoms. The fourth-order valence-corrected chi connectivity index (χ4v) is 3.31. The lowest BCUT2D eigenvalue weighted by atomic mass is 9.97. The van der Waals surface area contributed by atoms with Crippen molar-refractivity contribution in [2.24, 2.45) is 5.92 Å². The van der Waals surface area contributed by atoms with Crippen molar-refractivity contribution < 1.29 is 22.6 Å². The molecule has 0 radical (unpaired) electrons. The number of rotatable bonds is 6. The van der Waals surface area contributed by atoms with Crippen molar-refractivity contribution in [1.29, 1.82) is 0 Å². The van der Waals surface area contributed by atoms with Gasteiger partial charge in [0.05, 0.1) is 7.11 Å². The Hall–Kier alpha value is -0.890. The summed E-state index contributed by atoms with van der Waals surface area (Å²) in [6, 6.07) is 4.42. The molecule has 3 rings (SSSR count). The lowest BCUT2D eigenvalue weighted by Crippen LogP contribution is -2.45. The van der Waals surface area contributed by atoms with Crippen LogP contribution in [0.1, 0.15) is 30.9 Å². The third-order valence-electron chi connectivity index (χ3n) is 4.64. The topological polar surface area (TPSA) is 33.7 Å². The van der Waals surface area contributed by atoms with Crippen molar-refractivity contribution in [3.05, 3.63) is 23.8 Å². The van der Waals surface area contributed by atoms with Gasteiger partial charge in [-0.05, 0) is 30.5 Å². The van der Waals surface area contributed by atoms with Gasteiger partial charge in [-0.3, -0.25) is 4.90 Å². The van der Waals surface area contributed by atoms with Crippen LogP contribution in [0.5, 0.6) is 11.5 Å². The maximum atomic E-state index is 12.6. The fourth-order valence-electron chi connectivity index (χ4n) is 3.31. The van der Waals surface area contributed by atoms with Crippen molar-refractivity contribution in [3.63, 3.8) is 0 Å². The molecular weight excluding hydrogens is 392 g/mol. The van der Waals surface area contributed by atoms with Crippen molar-refractivity contribution in [2.45, 2.75) is 31.7 Å². The highest BCUT2D eigenvalue weighted by molar-refractivity contribution is 5.85. The Balaban J connectivity index is 0.00000169. The average Bonchev–Trinajstić information content (AvgIpc) is 3.36. The zero-order chi connectivity index (χ0) is 17.2. The van der Waals surface area contributed by atoms with E-state index in [1.807, 2.05) is 0 Å². The number of nitrogens with zero attached hydrogens (tertiary/aromatic N) is 1. The Morgan fingerprint density at radius 3 is 2.38 bits per heavy atom. The van der Waals surface area contributed by atoms with Crippen LogP contribution in [-0.4, -0.2) is 44.6 Å². The number of hydrogen-bond donors (Lipinski definition) is 1. The van der Waals surface area contributed by atoms with Gasteiger partial charge in [-0.25, -0.2) is 0 Å². The van der Waals surface area contributed by atoms with E-state index >= 15 is 0 Å². The van der Waals surface area contributed by atoms with Crippen LogP contribution in [0.4, 0.5) is 13.2 Å². The molecule has 2 fully saturated rings. The van der Waals surface area contributed by atoms with Gasteiger partial charge >= 0.3 is 6.36 Å². The van der Waals surface area contributed by atoms with E-state index in [-0.39, 0.29) is 36.6 Å². The molecular formula is C17H25Cl2F3N2O2. The molecule has 0 unspecified atom stereocenters. The highest BCUT2D eigenvalue weighted by atomic mass is 35.5. The molecule has 1 aromatic carbocycles. The van der Waals surface area contributed by atoms with Gasteiger partial charge in [-0.15, -0.1) is 38.0 Å². The van der Waals surface area contributed by atoms with Gasteiger partial charge in [0.2, 0.25) is 0 Å². The number of benzene rings is 1. The van der Waals surface area contributed by atoms with E-state index in [0.29, 0.717) is 11.7 Å². The minimum absolute atomic E-state index is 0. The van der Waals surface area contributed by atoms with Gasteiger partial charge < -0.3 is 14.8 Å². The van der Waals surface area contributed by atoms with E-state index in [1.54, 1.807) is 13.2 Å². The number of hydrogen-bond acceptors (Lipinski definition) is 4. The number of piperazine rings is 1. The monoisotopic (exact) mass is 416 g/mol. The molecule has 1 atom stereocenters. The Morgan fingerprint density at radius 2 is 1.85 bits per heavy atom. The normalized spacial score (nSPS) is 19.1. The second-order valence-corrected chi connectivity index (χ2v) is 6.43. The summed E-state index contributed by atoms with van der Waals surface area (Å²) in [5, 5.41) is 3.31. The van der Waals surface area contributed by atoms with E-state index in [4.69, 9.17) is 4.74 Å². The van der Waals surface area contributed by atoms with Crippen molar-refractivity contribution in [1.82, 2.24) is 10.2 Å². The fraction of sp³-hybridized carbons (Fsp3) is 0.647. The first-order chi connectivity index (χ1) is 11.5. The van der Waals surface area contributed by atoms with Crippen molar-refractivity contribution >= 4 is 24.8 Å². The Morgan fingerprint density at radius 1 is 1.19 bits per heavy atom. The largest absolute Gasteiger partial charge is 0.573 e. The van der Waals surface area contributed by atoms with Crippen LogP contribution < -0.4 is 14.8 Å². The summed E-state index contributed by atoms with van der Waals surface area (Å²) in [7, 11) is 1.55. The predicted molar refractivity (Wildman–Crippen MR) is 98.7 cm³/mol. The van der Waals surface area contributed by atoms with Crippen LogP contribution in [-0.2, 0) is 0 Å². The Labute approximate surface area is 164 Å². The zero-order valence-electron chi connectivity index (χ0n) is 14.6. The van der Waals surface area contributed by atoms with Crippen LogP contribution in [0.3, 0.4) is 0 Å². The maximum absolute atomic E-state index is 12.6. The first-order valence-corrected chi connectivity index (χ1v) is 8.35. The summed E-state index contributed by atoms with van der Waals surface area (Å²) in [6.07, 6.45) is -1.34. The molecule has 1 saturated carbocycles. The smallest absolute Gasteiger partial charge is 0.496 e. The maximum Gasteiger partial charge on any atom is 0.573 e. The number of ether oxygens (including phenoxy) is 2. The van der Waals surface area contributed by atoms with Crippen LogP contribution in [0.25, 0.3) is 0 Å². The van der Waals surface area contributed by atoms with Gasteiger partial charge in [-0.2, -0.15) is 0 Å². The summed E-state index contributed by atoms with van der Waals surface area (Å²) in [4.78, 5) is 2.34. The molecule has 1 saturated heterocycles. The van der Waals surface area contributed by atoms with E-state index < -0.39 is 6.36 Å². The van der Waals surface area contributed by atoms with E-state index in [0.717, 1.165) is 38.2 Å². The number of nitrogens with one attached hydrogen (secondary N) is 1. The third kappa shape index (κ3) is 6.37. The van der Waals surface area contributed by atoms with Crippen molar-refractivity contribution in [3.8, 4) is 11.5 Å². The van der Waals surface area contributed by atoms with E-state index in [2.05, 4.69) is 15.0 Å². The number of methoxy groups -OCH3 is 1. The Bertz CT molecular complexity index is 565. The summed E-state index contributed by atoms with van der Waals surface area (Å²) in [5.41, 5.74) is 0.785. The predicted octanol–water partition coefficient (Wildman–Crippen LogP) is 4.18. The highest BCUT2D eigenvalue weighted by Gasteiger charge is 2.34. The second-order valence-electron chi connectivity index (χ2n) is 6.43. The molecule has 150 valence electrons. The SMILES string of the molecule is COc1ccc(OC(F)(F)F)cc1[C@H](CC1CC1)N1CCNCC1.Cl.Cl. The van der Waals surface area contributed by atoms with Gasteiger partial charge in [0.1, 0.15) is 11.5 Å². The standard InChI is InChI=1S/C17H23F3N2O2.2ClH/c1-23-16-5-4-13(24-17(18,19)20)11-14(16)15(10-12-2-3-12)22-8-6-21-7-9-22;;/h4-5,11-12,15,21H,2-3,6-10H2,1H3;2*1H/t15-;;/m0../s1. The molecule has 0 bridgehead atoms. The minimum atomic E-state index is -4.69. The van der Waals surface area contributed by atoms with Crippen molar-refractivity contribution in [2.75, 3.05) is 33.3 Å². The van der Waals surface area contributed by atoms with E-state index in [1.165, 1.54) is 25.0 Å². The molecule has 1 heterocycles. The molecule has 1 aliphatic carbocycles. The minimum Gasteiger partial charge on any atom is -0.496 e. The zero-order valence-corrected chi connectivity index (χ0v) is 16.2.